The lowest BCUT2D eigenvalue weighted by molar-refractivity contribution is 0.0956. The highest BCUT2D eigenvalue weighted by Gasteiger charge is 2.11. The Morgan fingerprint density at radius 1 is 1.56 bits per heavy atom. The van der Waals surface area contributed by atoms with Gasteiger partial charge in [0.1, 0.15) is 0 Å². The highest BCUT2D eigenvalue weighted by molar-refractivity contribution is 7.27. The van der Waals surface area contributed by atoms with Crippen molar-refractivity contribution in [1.82, 2.24) is 5.32 Å². The van der Waals surface area contributed by atoms with Gasteiger partial charge in [-0.1, -0.05) is 0 Å². The molecule has 1 N–H and O–H groups in total. The fourth-order valence-corrected chi connectivity index (χ4v) is 3.83. The quantitative estimate of drug-likeness (QED) is 0.831. The summed E-state index contributed by atoms with van der Waals surface area (Å²) in [6.07, 6.45) is 0.709. The maximum absolute atomic E-state index is 11.9. The van der Waals surface area contributed by atoms with Crippen LogP contribution in [0, 0.1) is 0 Å². The Labute approximate surface area is 119 Å². The molecule has 0 radical (unpaired) electrons. The zero-order valence-corrected chi connectivity index (χ0v) is 12.3. The van der Waals surface area contributed by atoms with E-state index in [2.05, 4.69) is 5.32 Å². The molecular weight excluding hydrogens is 290 g/mol. The van der Waals surface area contributed by atoms with Gasteiger partial charge in [0.05, 0.1) is 16.9 Å². The van der Waals surface area contributed by atoms with E-state index in [9.17, 15) is 4.79 Å². The number of amides is 1. The number of carbonyl (C=O) groups excluding carboxylic acids is 1. The van der Waals surface area contributed by atoms with Gasteiger partial charge in [-0.25, -0.2) is 0 Å². The second-order valence-electron chi connectivity index (χ2n) is 3.86. The Balaban J connectivity index is 1.83. The van der Waals surface area contributed by atoms with Crippen LogP contribution in [0.2, 0.25) is 0 Å². The SMILES string of the molecule is COCC(Cl)CCNC(=O)c1cc2sccc2s1. The summed E-state index contributed by atoms with van der Waals surface area (Å²) in [5, 5.41) is 4.85. The van der Waals surface area contributed by atoms with Crippen LogP contribution in [-0.2, 0) is 4.74 Å². The molecule has 18 heavy (non-hydrogen) atoms. The summed E-state index contributed by atoms with van der Waals surface area (Å²) in [5.41, 5.74) is 0. The topological polar surface area (TPSA) is 38.3 Å². The van der Waals surface area contributed by atoms with Crippen LogP contribution in [0.25, 0.3) is 9.40 Å². The molecule has 2 heterocycles. The van der Waals surface area contributed by atoms with Gasteiger partial charge in [-0.2, -0.15) is 0 Å². The molecule has 0 aliphatic rings. The number of nitrogens with one attached hydrogen (secondary N) is 1. The van der Waals surface area contributed by atoms with Crippen molar-refractivity contribution >= 4 is 49.6 Å². The van der Waals surface area contributed by atoms with E-state index in [4.69, 9.17) is 16.3 Å². The molecule has 1 atom stereocenters. The van der Waals surface area contributed by atoms with Gasteiger partial charge in [-0.3, -0.25) is 4.79 Å². The van der Waals surface area contributed by atoms with E-state index in [0.717, 1.165) is 4.88 Å². The van der Waals surface area contributed by atoms with Crippen LogP contribution in [0.5, 0.6) is 0 Å². The van der Waals surface area contributed by atoms with Gasteiger partial charge >= 0.3 is 0 Å². The molecule has 0 fully saturated rings. The lowest BCUT2D eigenvalue weighted by Crippen LogP contribution is -2.26. The van der Waals surface area contributed by atoms with Gasteiger partial charge in [0.15, 0.2) is 0 Å². The van der Waals surface area contributed by atoms with E-state index in [1.807, 2.05) is 17.5 Å². The van der Waals surface area contributed by atoms with Crippen molar-refractivity contribution in [2.75, 3.05) is 20.3 Å². The average Bonchev–Trinajstić information content (AvgIpc) is 2.89. The van der Waals surface area contributed by atoms with Crippen molar-refractivity contribution < 1.29 is 9.53 Å². The highest BCUT2D eigenvalue weighted by atomic mass is 35.5. The Bertz CT molecular complexity index is 494. The van der Waals surface area contributed by atoms with Crippen LogP contribution in [0.3, 0.4) is 0 Å². The number of methoxy groups -OCH3 is 1. The molecule has 0 spiro atoms. The lowest BCUT2D eigenvalue weighted by atomic mass is 10.3. The molecule has 6 heteroatoms. The fraction of sp³-hybridized carbons (Fsp3) is 0.417. The van der Waals surface area contributed by atoms with Gasteiger partial charge < -0.3 is 10.1 Å². The zero-order chi connectivity index (χ0) is 13.0. The largest absolute Gasteiger partial charge is 0.383 e. The second-order valence-corrected chi connectivity index (χ2v) is 6.51. The predicted molar refractivity (Wildman–Crippen MR) is 78.2 cm³/mol. The number of hydrogen-bond donors (Lipinski definition) is 1. The molecule has 1 unspecified atom stereocenters. The number of fused-ring (bicyclic) bond motifs is 1. The second kappa shape index (κ2) is 6.52. The maximum Gasteiger partial charge on any atom is 0.261 e. The van der Waals surface area contributed by atoms with E-state index < -0.39 is 0 Å². The Morgan fingerprint density at radius 3 is 3.11 bits per heavy atom. The van der Waals surface area contributed by atoms with Crippen molar-refractivity contribution in [2.45, 2.75) is 11.8 Å². The fourth-order valence-electron chi connectivity index (χ4n) is 1.57. The molecule has 0 saturated carbocycles. The van der Waals surface area contributed by atoms with Crippen LogP contribution < -0.4 is 5.32 Å². The predicted octanol–water partition coefficient (Wildman–Crippen LogP) is 3.34. The maximum atomic E-state index is 11.9. The molecule has 2 aromatic rings. The normalized spacial score (nSPS) is 12.8. The number of alkyl halides is 1. The third-order valence-corrected chi connectivity index (χ3v) is 4.89. The molecular formula is C12H14ClNO2S2. The van der Waals surface area contributed by atoms with Gasteiger partial charge in [0.2, 0.25) is 0 Å². The Hall–Kier alpha value is -0.620. The minimum absolute atomic E-state index is 0.0234. The van der Waals surface area contributed by atoms with Crippen LogP contribution in [0.15, 0.2) is 17.5 Å². The van der Waals surface area contributed by atoms with Gasteiger partial charge in [-0.15, -0.1) is 34.3 Å². The van der Waals surface area contributed by atoms with Gasteiger partial charge in [0, 0.05) is 23.1 Å². The van der Waals surface area contributed by atoms with Crippen molar-refractivity contribution in [3.05, 3.63) is 22.4 Å². The summed E-state index contributed by atoms with van der Waals surface area (Å²) in [6.45, 7) is 1.08. The summed E-state index contributed by atoms with van der Waals surface area (Å²) in [5.74, 6) is -0.0234. The van der Waals surface area contributed by atoms with Crippen molar-refractivity contribution in [2.24, 2.45) is 0 Å². The number of hydrogen-bond acceptors (Lipinski definition) is 4. The Kier molecular flexibility index (Phi) is 5.00. The van der Waals surface area contributed by atoms with E-state index in [1.165, 1.54) is 20.7 Å². The van der Waals surface area contributed by atoms with Crippen molar-refractivity contribution in [3.8, 4) is 0 Å². The molecule has 0 aliphatic heterocycles. The summed E-state index contributed by atoms with van der Waals surface area (Å²) >= 11 is 9.16. The van der Waals surface area contributed by atoms with Gasteiger partial charge in [0.25, 0.3) is 5.91 Å². The molecule has 2 aromatic heterocycles. The van der Waals surface area contributed by atoms with Crippen LogP contribution >= 0.6 is 34.3 Å². The zero-order valence-electron chi connectivity index (χ0n) is 9.94. The van der Waals surface area contributed by atoms with E-state index in [-0.39, 0.29) is 11.3 Å². The van der Waals surface area contributed by atoms with Gasteiger partial charge in [-0.05, 0) is 23.9 Å². The molecule has 2 rings (SSSR count). The van der Waals surface area contributed by atoms with E-state index >= 15 is 0 Å². The minimum atomic E-state index is -0.0536. The number of rotatable bonds is 6. The third-order valence-electron chi connectivity index (χ3n) is 2.45. The molecule has 0 bridgehead atoms. The molecule has 0 aromatic carbocycles. The first-order chi connectivity index (χ1) is 8.70. The van der Waals surface area contributed by atoms with Crippen LogP contribution in [-0.4, -0.2) is 31.5 Å². The molecule has 98 valence electrons. The van der Waals surface area contributed by atoms with Crippen molar-refractivity contribution in [1.29, 1.82) is 0 Å². The third kappa shape index (κ3) is 3.45. The molecule has 0 saturated heterocycles. The van der Waals surface area contributed by atoms with Crippen molar-refractivity contribution in [3.63, 3.8) is 0 Å². The first kappa shape index (κ1) is 13.8. The molecule has 1 amide bonds. The Morgan fingerprint density at radius 2 is 2.39 bits per heavy atom. The number of halogens is 1. The molecule has 3 nitrogen and oxygen atoms in total. The minimum Gasteiger partial charge on any atom is -0.383 e. The monoisotopic (exact) mass is 303 g/mol. The summed E-state index contributed by atoms with van der Waals surface area (Å²) in [7, 11) is 1.62. The number of ether oxygens (including phenoxy) is 1. The van der Waals surface area contributed by atoms with Crippen LogP contribution in [0.1, 0.15) is 16.1 Å². The van der Waals surface area contributed by atoms with Crippen LogP contribution in [0.4, 0.5) is 0 Å². The average molecular weight is 304 g/mol. The highest BCUT2D eigenvalue weighted by Crippen LogP contribution is 2.29. The number of carbonyl (C=O) groups is 1. The summed E-state index contributed by atoms with van der Waals surface area (Å²) < 4.78 is 7.27. The summed E-state index contributed by atoms with van der Waals surface area (Å²) in [6, 6.07) is 3.97. The first-order valence-corrected chi connectivity index (χ1v) is 7.72. The van der Waals surface area contributed by atoms with E-state index in [0.29, 0.717) is 19.6 Å². The smallest absolute Gasteiger partial charge is 0.261 e. The first-order valence-electron chi connectivity index (χ1n) is 5.59. The molecule has 0 aliphatic carbocycles. The standard InChI is InChI=1S/C12H14ClNO2S2/c1-16-7-8(13)2-4-14-12(15)11-6-10-9(18-11)3-5-17-10/h3,5-6,8H,2,4,7H2,1H3,(H,14,15). The van der Waals surface area contributed by atoms with E-state index in [1.54, 1.807) is 18.4 Å². The lowest BCUT2D eigenvalue weighted by Gasteiger charge is -2.08. The summed E-state index contributed by atoms with van der Waals surface area (Å²) in [4.78, 5) is 12.6. The number of thiophene rings is 2.